The van der Waals surface area contributed by atoms with Crippen LogP contribution in [0.5, 0.6) is 0 Å². The van der Waals surface area contributed by atoms with Gasteiger partial charge in [-0.15, -0.1) is 11.3 Å². The zero-order chi connectivity index (χ0) is 10.7. The maximum absolute atomic E-state index is 13.2. The second kappa shape index (κ2) is 4.51. The number of nitrogens with zero attached hydrogens (tertiary/aromatic N) is 1. The van der Waals surface area contributed by atoms with E-state index in [4.69, 9.17) is 0 Å². The van der Waals surface area contributed by atoms with E-state index in [1.165, 1.54) is 17.4 Å². The molecule has 0 saturated heterocycles. The van der Waals surface area contributed by atoms with E-state index in [1.807, 2.05) is 33.8 Å². The van der Waals surface area contributed by atoms with Crippen molar-refractivity contribution >= 4 is 21.6 Å². The monoisotopic (exact) mass is 211 g/mol. The molecular formula is C11H14FNS. The van der Waals surface area contributed by atoms with E-state index in [-0.39, 0.29) is 5.82 Å². The SMILES string of the molecule is CC.Cc1cc(F)c2nc(C)sc2c1. The highest BCUT2D eigenvalue weighted by molar-refractivity contribution is 7.18. The summed E-state index contributed by atoms with van der Waals surface area (Å²) in [5, 5.41) is 0.912. The van der Waals surface area contributed by atoms with E-state index in [1.54, 1.807) is 0 Å². The standard InChI is InChI=1S/C9H8FNS.C2H6/c1-5-3-7(10)9-8(4-5)12-6(2)11-9;1-2/h3-4H,1-2H3;1-2H3. The van der Waals surface area contributed by atoms with Gasteiger partial charge in [-0.3, -0.25) is 0 Å². The molecule has 0 aliphatic heterocycles. The Kier molecular flexibility index (Phi) is 3.58. The summed E-state index contributed by atoms with van der Waals surface area (Å²) in [6.07, 6.45) is 0. The Morgan fingerprint density at radius 1 is 1.21 bits per heavy atom. The largest absolute Gasteiger partial charge is 0.238 e. The van der Waals surface area contributed by atoms with Gasteiger partial charge in [0.25, 0.3) is 0 Å². The molecule has 0 N–H and O–H groups in total. The highest BCUT2D eigenvalue weighted by Gasteiger charge is 2.05. The number of aryl methyl sites for hydroxylation is 2. The van der Waals surface area contributed by atoms with Crippen LogP contribution in [0.15, 0.2) is 12.1 Å². The maximum atomic E-state index is 13.2. The molecule has 0 spiro atoms. The van der Waals surface area contributed by atoms with Crippen LogP contribution in [0.3, 0.4) is 0 Å². The van der Waals surface area contributed by atoms with E-state index in [0.717, 1.165) is 15.3 Å². The predicted octanol–water partition coefficient (Wildman–Crippen LogP) is 4.08. The van der Waals surface area contributed by atoms with Gasteiger partial charge in [0.15, 0.2) is 5.82 Å². The lowest BCUT2D eigenvalue weighted by Crippen LogP contribution is -1.79. The highest BCUT2D eigenvalue weighted by atomic mass is 32.1. The summed E-state index contributed by atoms with van der Waals surface area (Å²) in [6, 6.07) is 3.48. The first kappa shape index (κ1) is 11.1. The second-order valence-corrected chi connectivity index (χ2v) is 4.06. The first-order valence-electron chi connectivity index (χ1n) is 4.70. The fourth-order valence-electron chi connectivity index (χ4n) is 1.23. The minimum Gasteiger partial charge on any atom is -0.238 e. The smallest absolute Gasteiger partial charge is 0.150 e. The molecule has 1 aromatic heterocycles. The summed E-state index contributed by atoms with van der Waals surface area (Å²) in [6.45, 7) is 7.77. The Morgan fingerprint density at radius 3 is 2.50 bits per heavy atom. The van der Waals surface area contributed by atoms with Crippen LogP contribution in [0.25, 0.3) is 10.2 Å². The van der Waals surface area contributed by atoms with Crippen molar-refractivity contribution in [2.75, 3.05) is 0 Å². The molecule has 0 amide bonds. The fourth-order valence-corrected chi connectivity index (χ4v) is 2.17. The number of benzene rings is 1. The zero-order valence-corrected chi connectivity index (χ0v) is 9.70. The van der Waals surface area contributed by atoms with Crippen LogP contribution in [0.4, 0.5) is 4.39 Å². The predicted molar refractivity (Wildman–Crippen MR) is 60.4 cm³/mol. The Labute approximate surface area is 87.6 Å². The van der Waals surface area contributed by atoms with Crippen molar-refractivity contribution in [3.63, 3.8) is 0 Å². The molecule has 0 saturated carbocycles. The number of thiazole rings is 1. The molecule has 14 heavy (non-hydrogen) atoms. The van der Waals surface area contributed by atoms with Gasteiger partial charge in [0, 0.05) is 0 Å². The van der Waals surface area contributed by atoms with E-state index in [2.05, 4.69) is 4.98 Å². The number of hydrogen-bond acceptors (Lipinski definition) is 2. The molecule has 0 aliphatic carbocycles. The average Bonchev–Trinajstić information content (AvgIpc) is 2.49. The molecule has 1 nitrogen and oxygen atoms in total. The molecule has 0 radical (unpaired) electrons. The van der Waals surface area contributed by atoms with Crippen LogP contribution in [0.1, 0.15) is 24.4 Å². The van der Waals surface area contributed by atoms with Crippen LogP contribution in [-0.2, 0) is 0 Å². The summed E-state index contributed by atoms with van der Waals surface area (Å²) in [4.78, 5) is 4.10. The molecule has 2 rings (SSSR count). The molecule has 2 aromatic rings. The van der Waals surface area contributed by atoms with Crippen LogP contribution >= 0.6 is 11.3 Å². The van der Waals surface area contributed by atoms with E-state index in [0.29, 0.717) is 5.52 Å². The summed E-state index contributed by atoms with van der Waals surface area (Å²) < 4.78 is 14.1. The van der Waals surface area contributed by atoms with Gasteiger partial charge in [0.05, 0.1) is 9.71 Å². The number of aromatic nitrogens is 1. The van der Waals surface area contributed by atoms with E-state index >= 15 is 0 Å². The van der Waals surface area contributed by atoms with E-state index < -0.39 is 0 Å². The average molecular weight is 211 g/mol. The zero-order valence-electron chi connectivity index (χ0n) is 8.89. The van der Waals surface area contributed by atoms with Crippen LogP contribution in [0, 0.1) is 19.7 Å². The van der Waals surface area contributed by atoms with Crippen LogP contribution in [0.2, 0.25) is 0 Å². The van der Waals surface area contributed by atoms with Crippen molar-refractivity contribution in [3.05, 3.63) is 28.5 Å². The normalized spacial score (nSPS) is 9.79. The summed E-state index contributed by atoms with van der Waals surface area (Å²) in [7, 11) is 0. The third-order valence-electron chi connectivity index (χ3n) is 1.70. The number of halogens is 1. The van der Waals surface area contributed by atoms with Crippen molar-refractivity contribution in [1.82, 2.24) is 4.98 Å². The van der Waals surface area contributed by atoms with Gasteiger partial charge in [-0.25, -0.2) is 9.37 Å². The summed E-state index contributed by atoms with van der Waals surface area (Å²) >= 11 is 1.53. The maximum Gasteiger partial charge on any atom is 0.150 e. The number of hydrogen-bond donors (Lipinski definition) is 0. The Hall–Kier alpha value is -0.960. The topological polar surface area (TPSA) is 12.9 Å². The van der Waals surface area contributed by atoms with Crippen LogP contribution in [-0.4, -0.2) is 4.98 Å². The molecule has 1 aromatic carbocycles. The van der Waals surface area contributed by atoms with Crippen molar-refractivity contribution in [1.29, 1.82) is 0 Å². The van der Waals surface area contributed by atoms with Crippen molar-refractivity contribution < 1.29 is 4.39 Å². The van der Waals surface area contributed by atoms with Gasteiger partial charge < -0.3 is 0 Å². The number of rotatable bonds is 0. The van der Waals surface area contributed by atoms with Crippen LogP contribution < -0.4 is 0 Å². The van der Waals surface area contributed by atoms with Gasteiger partial charge in [0.2, 0.25) is 0 Å². The van der Waals surface area contributed by atoms with Crippen molar-refractivity contribution in [3.8, 4) is 0 Å². The van der Waals surface area contributed by atoms with Crippen molar-refractivity contribution in [2.24, 2.45) is 0 Å². The molecule has 76 valence electrons. The lowest BCUT2D eigenvalue weighted by atomic mass is 10.2. The molecule has 3 heteroatoms. The Balaban J connectivity index is 0.000000461. The fraction of sp³-hybridized carbons (Fsp3) is 0.364. The minimum absolute atomic E-state index is 0.214. The molecule has 0 unspecified atom stereocenters. The third kappa shape index (κ3) is 2.10. The van der Waals surface area contributed by atoms with Gasteiger partial charge in [-0.05, 0) is 31.5 Å². The minimum atomic E-state index is -0.214. The first-order chi connectivity index (χ1) is 6.66. The molecule has 1 heterocycles. The van der Waals surface area contributed by atoms with Gasteiger partial charge in [-0.1, -0.05) is 13.8 Å². The third-order valence-corrected chi connectivity index (χ3v) is 2.62. The van der Waals surface area contributed by atoms with Gasteiger partial charge in [-0.2, -0.15) is 0 Å². The molecule has 0 aliphatic rings. The van der Waals surface area contributed by atoms with Crippen molar-refractivity contribution in [2.45, 2.75) is 27.7 Å². The molecule has 0 fully saturated rings. The quantitative estimate of drug-likeness (QED) is 0.640. The second-order valence-electron chi connectivity index (χ2n) is 2.83. The highest BCUT2D eigenvalue weighted by Crippen LogP contribution is 2.24. The summed E-state index contributed by atoms with van der Waals surface area (Å²) in [5.41, 5.74) is 1.45. The molecule has 0 atom stereocenters. The number of fused-ring (bicyclic) bond motifs is 1. The molecule has 0 bridgehead atoms. The van der Waals surface area contributed by atoms with E-state index in [9.17, 15) is 4.39 Å². The Bertz CT molecular complexity index is 434. The van der Waals surface area contributed by atoms with Gasteiger partial charge >= 0.3 is 0 Å². The van der Waals surface area contributed by atoms with Gasteiger partial charge in [0.1, 0.15) is 5.52 Å². The summed E-state index contributed by atoms with van der Waals surface area (Å²) in [5.74, 6) is -0.214. The Morgan fingerprint density at radius 2 is 1.86 bits per heavy atom. The first-order valence-corrected chi connectivity index (χ1v) is 5.52. The molecular weight excluding hydrogens is 197 g/mol. The lowest BCUT2D eigenvalue weighted by Gasteiger charge is -1.92. The lowest BCUT2D eigenvalue weighted by molar-refractivity contribution is 0.636.